The van der Waals surface area contributed by atoms with Crippen LogP contribution in [0.15, 0.2) is 59.5 Å². The molecular formula is C23H29ClN2OS. The molecule has 0 spiro atoms. The average molecular weight is 417 g/mol. The predicted molar refractivity (Wildman–Crippen MR) is 120 cm³/mol. The van der Waals surface area contributed by atoms with Crippen LogP contribution in [0.2, 0.25) is 5.02 Å². The second-order valence-corrected chi connectivity index (χ2v) is 8.79. The van der Waals surface area contributed by atoms with E-state index < -0.39 is 0 Å². The molecule has 5 heteroatoms. The van der Waals surface area contributed by atoms with E-state index in [0.29, 0.717) is 13.0 Å². The van der Waals surface area contributed by atoms with Crippen LogP contribution >= 0.6 is 23.4 Å². The molecule has 150 valence electrons. The quantitative estimate of drug-likeness (QED) is 0.487. The minimum Gasteiger partial charge on any atom is -0.312 e. The van der Waals surface area contributed by atoms with Crippen molar-refractivity contribution in [2.45, 2.75) is 37.0 Å². The van der Waals surface area contributed by atoms with Crippen LogP contribution in [-0.4, -0.2) is 42.7 Å². The molecular weight excluding hydrogens is 388 g/mol. The van der Waals surface area contributed by atoms with Gasteiger partial charge in [0.25, 0.3) is 0 Å². The van der Waals surface area contributed by atoms with Gasteiger partial charge in [-0.3, -0.25) is 4.79 Å². The fourth-order valence-electron chi connectivity index (χ4n) is 3.56. The van der Waals surface area contributed by atoms with Gasteiger partial charge in [-0.25, -0.2) is 0 Å². The van der Waals surface area contributed by atoms with Gasteiger partial charge in [0.15, 0.2) is 0 Å². The van der Waals surface area contributed by atoms with Gasteiger partial charge in [-0.05, 0) is 75.3 Å². The van der Waals surface area contributed by atoms with E-state index in [2.05, 4.69) is 4.90 Å². The van der Waals surface area contributed by atoms with Crippen molar-refractivity contribution in [2.24, 2.45) is 0 Å². The summed E-state index contributed by atoms with van der Waals surface area (Å²) < 4.78 is 0. The normalized spacial score (nSPS) is 14.8. The summed E-state index contributed by atoms with van der Waals surface area (Å²) in [4.78, 5) is 18.6. The van der Waals surface area contributed by atoms with Gasteiger partial charge in [0.1, 0.15) is 0 Å². The molecule has 0 saturated carbocycles. The lowest BCUT2D eigenvalue weighted by atomic mass is 10.1. The SMILES string of the molecule is O=C(CCCN1CCCCC1)N(CCSc1ccc(Cl)cc1)c1ccccc1. The van der Waals surface area contributed by atoms with Gasteiger partial charge < -0.3 is 9.80 Å². The number of benzene rings is 2. The highest BCUT2D eigenvalue weighted by Gasteiger charge is 2.16. The maximum atomic E-state index is 13.0. The van der Waals surface area contributed by atoms with Crippen molar-refractivity contribution in [3.05, 3.63) is 59.6 Å². The van der Waals surface area contributed by atoms with Crippen LogP contribution in [0.4, 0.5) is 5.69 Å². The number of hydrogen-bond acceptors (Lipinski definition) is 3. The summed E-state index contributed by atoms with van der Waals surface area (Å²) in [5, 5.41) is 0.749. The standard InChI is InChI=1S/C23H29ClN2OS/c24-20-11-13-22(14-12-20)28-19-18-26(21-8-3-1-4-9-21)23(27)10-7-17-25-15-5-2-6-16-25/h1,3-4,8-9,11-14H,2,5-7,10,15-19H2. The summed E-state index contributed by atoms with van der Waals surface area (Å²) in [6.45, 7) is 4.12. The summed E-state index contributed by atoms with van der Waals surface area (Å²) in [5.74, 6) is 1.08. The van der Waals surface area contributed by atoms with Gasteiger partial charge in [0, 0.05) is 34.3 Å². The molecule has 0 unspecified atom stereocenters. The first-order chi connectivity index (χ1) is 13.7. The third-order valence-electron chi connectivity index (χ3n) is 5.08. The van der Waals surface area contributed by atoms with Crippen molar-refractivity contribution in [2.75, 3.05) is 36.8 Å². The smallest absolute Gasteiger partial charge is 0.227 e. The molecule has 28 heavy (non-hydrogen) atoms. The summed E-state index contributed by atoms with van der Waals surface area (Å²) in [6, 6.07) is 17.9. The number of carbonyl (C=O) groups excluding carboxylic acids is 1. The van der Waals surface area contributed by atoms with Crippen LogP contribution < -0.4 is 4.90 Å². The summed E-state index contributed by atoms with van der Waals surface area (Å²) in [7, 11) is 0. The van der Waals surface area contributed by atoms with E-state index in [1.165, 1.54) is 37.2 Å². The van der Waals surface area contributed by atoms with Gasteiger partial charge in [0.2, 0.25) is 5.91 Å². The van der Waals surface area contributed by atoms with Crippen molar-refractivity contribution in [1.29, 1.82) is 0 Å². The van der Waals surface area contributed by atoms with E-state index >= 15 is 0 Å². The molecule has 0 radical (unpaired) electrons. The van der Waals surface area contributed by atoms with E-state index in [1.54, 1.807) is 11.8 Å². The van der Waals surface area contributed by atoms with Gasteiger partial charge >= 0.3 is 0 Å². The molecule has 0 bridgehead atoms. The average Bonchev–Trinajstić information content (AvgIpc) is 2.74. The largest absolute Gasteiger partial charge is 0.312 e. The minimum atomic E-state index is 0.222. The third kappa shape index (κ3) is 6.84. The maximum absolute atomic E-state index is 13.0. The van der Waals surface area contributed by atoms with E-state index in [0.717, 1.165) is 29.4 Å². The van der Waals surface area contributed by atoms with Crippen LogP contribution in [0.1, 0.15) is 32.1 Å². The number of rotatable bonds is 9. The fourth-order valence-corrected chi connectivity index (χ4v) is 4.53. The highest BCUT2D eigenvalue weighted by molar-refractivity contribution is 7.99. The number of amides is 1. The topological polar surface area (TPSA) is 23.6 Å². The highest BCUT2D eigenvalue weighted by atomic mass is 35.5. The first kappa shape index (κ1) is 21.2. The van der Waals surface area contributed by atoms with Gasteiger partial charge in [0.05, 0.1) is 0 Å². The van der Waals surface area contributed by atoms with Gasteiger partial charge in [-0.2, -0.15) is 0 Å². The fraction of sp³-hybridized carbons (Fsp3) is 0.435. The molecule has 2 aromatic rings. The van der Waals surface area contributed by atoms with E-state index in [4.69, 9.17) is 11.6 Å². The van der Waals surface area contributed by atoms with Crippen LogP contribution in [-0.2, 0) is 4.79 Å². The van der Waals surface area contributed by atoms with Gasteiger partial charge in [-0.15, -0.1) is 11.8 Å². The summed E-state index contributed by atoms with van der Waals surface area (Å²) in [5.41, 5.74) is 0.988. The zero-order valence-corrected chi connectivity index (χ0v) is 17.9. The van der Waals surface area contributed by atoms with Crippen LogP contribution in [0.3, 0.4) is 0 Å². The van der Waals surface area contributed by atoms with Crippen molar-refractivity contribution in [3.63, 3.8) is 0 Å². The first-order valence-electron chi connectivity index (χ1n) is 10.2. The Morgan fingerprint density at radius 3 is 2.43 bits per heavy atom. The molecule has 3 nitrogen and oxygen atoms in total. The lowest BCUT2D eigenvalue weighted by molar-refractivity contribution is -0.118. The zero-order valence-electron chi connectivity index (χ0n) is 16.4. The van der Waals surface area contributed by atoms with E-state index in [9.17, 15) is 4.79 Å². The molecule has 1 heterocycles. The third-order valence-corrected chi connectivity index (χ3v) is 6.32. The molecule has 3 rings (SSSR count). The number of para-hydroxylation sites is 1. The molecule has 1 saturated heterocycles. The molecule has 0 N–H and O–H groups in total. The second kappa shape index (κ2) is 11.5. The van der Waals surface area contributed by atoms with Crippen molar-refractivity contribution in [3.8, 4) is 0 Å². The molecule has 1 amide bonds. The van der Waals surface area contributed by atoms with Crippen LogP contribution in [0.5, 0.6) is 0 Å². The molecule has 1 aliphatic heterocycles. The van der Waals surface area contributed by atoms with Crippen molar-refractivity contribution >= 4 is 35.0 Å². The Bertz CT molecular complexity index is 717. The van der Waals surface area contributed by atoms with Crippen molar-refractivity contribution in [1.82, 2.24) is 4.90 Å². The highest BCUT2D eigenvalue weighted by Crippen LogP contribution is 2.22. The first-order valence-corrected chi connectivity index (χ1v) is 11.5. The maximum Gasteiger partial charge on any atom is 0.227 e. The predicted octanol–water partition coefficient (Wildman–Crippen LogP) is 5.73. The Hall–Kier alpha value is -1.49. The van der Waals surface area contributed by atoms with Crippen LogP contribution in [0, 0.1) is 0 Å². The van der Waals surface area contributed by atoms with Crippen LogP contribution in [0.25, 0.3) is 0 Å². The number of hydrogen-bond donors (Lipinski definition) is 0. The number of piperidine rings is 1. The van der Waals surface area contributed by atoms with E-state index in [1.807, 2.05) is 59.5 Å². The zero-order chi connectivity index (χ0) is 19.6. The number of thioether (sulfide) groups is 1. The summed E-state index contributed by atoms with van der Waals surface area (Å²) in [6.07, 6.45) is 5.49. The number of anilines is 1. The lowest BCUT2D eigenvalue weighted by Crippen LogP contribution is -2.34. The molecule has 2 aromatic carbocycles. The molecule has 1 fully saturated rings. The Balaban J connectivity index is 1.52. The minimum absolute atomic E-state index is 0.222. The number of nitrogens with zero attached hydrogens (tertiary/aromatic N) is 2. The monoisotopic (exact) mass is 416 g/mol. The number of carbonyl (C=O) groups is 1. The molecule has 0 aromatic heterocycles. The Kier molecular flexibility index (Phi) is 8.71. The Labute approximate surface area is 178 Å². The second-order valence-electron chi connectivity index (χ2n) is 7.19. The lowest BCUT2D eigenvalue weighted by Gasteiger charge is -2.27. The Morgan fingerprint density at radius 2 is 1.71 bits per heavy atom. The number of likely N-dealkylation sites (tertiary alicyclic amines) is 1. The van der Waals surface area contributed by atoms with Gasteiger partial charge in [-0.1, -0.05) is 36.2 Å². The number of halogens is 1. The van der Waals surface area contributed by atoms with Crippen molar-refractivity contribution < 1.29 is 4.79 Å². The Morgan fingerprint density at radius 1 is 1.00 bits per heavy atom. The molecule has 0 aliphatic carbocycles. The summed E-state index contributed by atoms with van der Waals surface area (Å²) >= 11 is 7.71. The molecule has 1 aliphatic rings. The molecule has 0 atom stereocenters. The van der Waals surface area contributed by atoms with E-state index in [-0.39, 0.29) is 5.91 Å².